The lowest BCUT2D eigenvalue weighted by Crippen LogP contribution is -2.37. The molecule has 7 nitrogen and oxygen atoms in total. The van der Waals surface area contributed by atoms with Crippen molar-refractivity contribution in [3.05, 3.63) is 30.9 Å². The summed E-state index contributed by atoms with van der Waals surface area (Å²) in [7, 11) is 0. The van der Waals surface area contributed by atoms with E-state index in [9.17, 15) is 14.4 Å². The van der Waals surface area contributed by atoms with E-state index in [1.807, 2.05) is 12.1 Å². The van der Waals surface area contributed by atoms with E-state index in [2.05, 4.69) is 45.2 Å². The van der Waals surface area contributed by atoms with Gasteiger partial charge in [-0.1, -0.05) is 0 Å². The van der Waals surface area contributed by atoms with Crippen molar-refractivity contribution < 1.29 is 33.3 Å². The molecule has 0 radical (unpaired) electrons. The van der Waals surface area contributed by atoms with Crippen LogP contribution in [-0.2, 0) is 28.5 Å². The number of ether oxygens (including phenoxy) is 4. The lowest BCUT2D eigenvalue weighted by Gasteiger charge is -2.31. The number of carbonyl (C=O) groups is 3. The van der Waals surface area contributed by atoms with Gasteiger partial charge in [0.25, 0.3) is 0 Å². The first-order chi connectivity index (χ1) is 13.9. The Bertz CT molecular complexity index is 801. The van der Waals surface area contributed by atoms with Gasteiger partial charge in [-0.2, -0.15) is 0 Å². The summed E-state index contributed by atoms with van der Waals surface area (Å²) in [6.45, 7) is 7.65. The molecule has 166 valence electrons. The molecule has 1 aliphatic rings. The van der Waals surface area contributed by atoms with Crippen molar-refractivity contribution in [2.45, 2.75) is 40.2 Å². The van der Waals surface area contributed by atoms with Crippen LogP contribution in [0, 0.1) is 18.0 Å². The van der Waals surface area contributed by atoms with Crippen molar-refractivity contribution in [3.8, 4) is 0 Å². The van der Waals surface area contributed by atoms with Gasteiger partial charge in [0.2, 0.25) is 0 Å². The predicted octanol–water partition coefficient (Wildman–Crippen LogP) is 3.98. The number of hydrogen-bond donors (Lipinski definition) is 0. The minimum Gasteiger partial charge on any atom is -0.462 e. The SMILES string of the molecule is CC(C)(CC(C)(C)C(=O)OCC1CO1)C(=O)OCCOC(=O)c1ccc(I)cc1I. The highest BCUT2D eigenvalue weighted by atomic mass is 127. The van der Waals surface area contributed by atoms with Crippen LogP contribution in [0.4, 0.5) is 0 Å². The topological polar surface area (TPSA) is 91.4 Å². The molecule has 1 heterocycles. The zero-order valence-corrected chi connectivity index (χ0v) is 21.8. The summed E-state index contributed by atoms with van der Waals surface area (Å²) in [6, 6.07) is 5.41. The Hall–Kier alpha value is -0.950. The van der Waals surface area contributed by atoms with Crippen LogP contribution in [0.25, 0.3) is 0 Å². The number of esters is 3. The smallest absolute Gasteiger partial charge is 0.339 e. The maximum absolute atomic E-state index is 12.5. The van der Waals surface area contributed by atoms with Crippen LogP contribution in [0.3, 0.4) is 0 Å². The van der Waals surface area contributed by atoms with E-state index in [0.29, 0.717) is 12.2 Å². The molecule has 1 saturated heterocycles. The van der Waals surface area contributed by atoms with E-state index in [1.54, 1.807) is 33.8 Å². The minimum atomic E-state index is -0.909. The van der Waals surface area contributed by atoms with E-state index in [0.717, 1.165) is 7.14 Å². The zero-order valence-electron chi connectivity index (χ0n) is 17.5. The second kappa shape index (κ2) is 10.6. The number of epoxide rings is 1. The van der Waals surface area contributed by atoms with E-state index < -0.39 is 22.8 Å². The molecule has 1 unspecified atom stereocenters. The first kappa shape index (κ1) is 25.3. The summed E-state index contributed by atoms with van der Waals surface area (Å²) in [5.41, 5.74) is -1.29. The number of carbonyl (C=O) groups excluding carboxylic acids is 3. The van der Waals surface area contributed by atoms with Gasteiger partial charge < -0.3 is 18.9 Å². The van der Waals surface area contributed by atoms with Crippen molar-refractivity contribution in [1.29, 1.82) is 0 Å². The third kappa shape index (κ3) is 7.63. The third-order valence-corrected chi connectivity index (χ3v) is 6.06. The maximum Gasteiger partial charge on any atom is 0.339 e. The molecule has 0 saturated carbocycles. The van der Waals surface area contributed by atoms with Gasteiger partial charge in [-0.15, -0.1) is 0 Å². The first-order valence-electron chi connectivity index (χ1n) is 9.50. The molecule has 0 aromatic heterocycles. The van der Waals surface area contributed by atoms with Crippen molar-refractivity contribution >= 4 is 63.1 Å². The average molecular weight is 644 g/mol. The average Bonchev–Trinajstić information content (AvgIpc) is 3.46. The van der Waals surface area contributed by atoms with Crippen molar-refractivity contribution in [3.63, 3.8) is 0 Å². The Balaban J connectivity index is 1.78. The normalized spacial score (nSPS) is 16.0. The molecular weight excluding hydrogens is 618 g/mol. The fourth-order valence-electron chi connectivity index (χ4n) is 2.97. The Labute approximate surface area is 203 Å². The fraction of sp³-hybridized carbons (Fsp3) is 0.571. The zero-order chi connectivity index (χ0) is 22.5. The summed E-state index contributed by atoms with van der Waals surface area (Å²) >= 11 is 4.25. The third-order valence-electron chi connectivity index (χ3n) is 4.49. The molecule has 9 heteroatoms. The molecule has 2 rings (SSSR count). The molecular formula is C21H26I2O7. The molecule has 0 bridgehead atoms. The first-order valence-corrected chi connectivity index (χ1v) is 11.7. The van der Waals surface area contributed by atoms with Crippen LogP contribution in [0.15, 0.2) is 18.2 Å². The molecule has 0 spiro atoms. The molecule has 30 heavy (non-hydrogen) atoms. The number of halogens is 2. The minimum absolute atomic E-state index is 0.00627. The van der Waals surface area contributed by atoms with E-state index in [1.165, 1.54) is 0 Å². The second-order valence-electron chi connectivity index (χ2n) is 8.39. The molecule has 1 atom stereocenters. The van der Waals surface area contributed by atoms with Crippen LogP contribution >= 0.6 is 45.2 Å². The second-order valence-corrected chi connectivity index (χ2v) is 10.8. The molecule has 0 N–H and O–H groups in total. The molecule has 1 aromatic rings. The standard InChI is InChI=1S/C21H26I2O7/c1-20(2,12-21(3,4)19(26)30-11-14-10-29-14)18(25)28-8-7-27-17(24)15-6-5-13(22)9-16(15)23/h5-6,9,14H,7-8,10-12H2,1-4H3. The largest absolute Gasteiger partial charge is 0.462 e. The highest BCUT2D eigenvalue weighted by Gasteiger charge is 2.41. The van der Waals surface area contributed by atoms with Gasteiger partial charge in [0.05, 0.1) is 23.0 Å². The van der Waals surface area contributed by atoms with Crippen molar-refractivity contribution in [2.24, 2.45) is 10.8 Å². The van der Waals surface area contributed by atoms with E-state index in [-0.39, 0.29) is 38.3 Å². The number of rotatable bonds is 10. The van der Waals surface area contributed by atoms with Crippen molar-refractivity contribution in [2.75, 3.05) is 26.4 Å². The molecule has 0 amide bonds. The van der Waals surface area contributed by atoms with Crippen LogP contribution in [0.1, 0.15) is 44.5 Å². The van der Waals surface area contributed by atoms with Gasteiger partial charge in [-0.05, 0) is 97.5 Å². The van der Waals surface area contributed by atoms with Crippen LogP contribution < -0.4 is 0 Å². The monoisotopic (exact) mass is 644 g/mol. The fourth-order valence-corrected chi connectivity index (χ4v) is 4.80. The summed E-state index contributed by atoms with van der Waals surface area (Å²) in [4.78, 5) is 37.0. The van der Waals surface area contributed by atoms with E-state index >= 15 is 0 Å². The summed E-state index contributed by atoms with van der Waals surface area (Å²) in [5.74, 6) is -1.30. The quantitative estimate of drug-likeness (QED) is 0.125. The molecule has 1 aliphatic heterocycles. The van der Waals surface area contributed by atoms with Gasteiger partial charge in [-0.3, -0.25) is 9.59 Å². The van der Waals surface area contributed by atoms with Crippen molar-refractivity contribution in [1.82, 2.24) is 0 Å². The molecule has 1 aromatic carbocycles. The van der Waals surface area contributed by atoms with E-state index in [4.69, 9.17) is 18.9 Å². The highest BCUT2D eigenvalue weighted by molar-refractivity contribution is 14.1. The lowest BCUT2D eigenvalue weighted by molar-refractivity contribution is -0.162. The Morgan fingerprint density at radius 1 is 1.00 bits per heavy atom. The molecule has 1 fully saturated rings. The lowest BCUT2D eigenvalue weighted by atomic mass is 9.75. The predicted molar refractivity (Wildman–Crippen MR) is 126 cm³/mol. The summed E-state index contributed by atoms with van der Waals surface area (Å²) in [6.07, 6.45) is 0.248. The maximum atomic E-state index is 12.5. The highest BCUT2D eigenvalue weighted by Crippen LogP contribution is 2.36. The Morgan fingerprint density at radius 2 is 1.57 bits per heavy atom. The number of hydrogen-bond acceptors (Lipinski definition) is 7. The van der Waals surface area contributed by atoms with Gasteiger partial charge >= 0.3 is 17.9 Å². The van der Waals surface area contributed by atoms with Gasteiger partial charge in [0.1, 0.15) is 25.9 Å². The van der Waals surface area contributed by atoms with Gasteiger partial charge in [-0.25, -0.2) is 4.79 Å². The Kier molecular flexibility index (Phi) is 8.92. The summed E-state index contributed by atoms with van der Waals surface area (Å²) < 4.78 is 22.6. The van der Waals surface area contributed by atoms with Crippen LogP contribution in [0.5, 0.6) is 0 Å². The van der Waals surface area contributed by atoms with Gasteiger partial charge in [0, 0.05) is 7.14 Å². The van der Waals surface area contributed by atoms with Crippen LogP contribution in [-0.4, -0.2) is 50.4 Å². The number of benzene rings is 1. The summed E-state index contributed by atoms with van der Waals surface area (Å²) in [5, 5.41) is 0. The molecule has 0 aliphatic carbocycles. The van der Waals surface area contributed by atoms with Crippen LogP contribution in [0.2, 0.25) is 0 Å². The Morgan fingerprint density at radius 3 is 2.13 bits per heavy atom. The van der Waals surface area contributed by atoms with Gasteiger partial charge in [0.15, 0.2) is 0 Å².